The summed E-state index contributed by atoms with van der Waals surface area (Å²) in [6.07, 6.45) is 2.21. The van der Waals surface area contributed by atoms with Gasteiger partial charge in [0.25, 0.3) is 5.91 Å². The first kappa shape index (κ1) is 16.9. The molecule has 1 atom stereocenters. The second kappa shape index (κ2) is 7.35. The minimum Gasteiger partial charge on any atom is -0.484 e. The zero-order chi connectivity index (χ0) is 17.9. The molecular formula is C19H15ClN2O3S. The van der Waals surface area contributed by atoms with Crippen LogP contribution >= 0.6 is 22.9 Å². The van der Waals surface area contributed by atoms with Crippen LogP contribution in [0.25, 0.3) is 0 Å². The molecule has 0 bridgehead atoms. The summed E-state index contributed by atoms with van der Waals surface area (Å²) in [6.45, 7) is -0.111. The van der Waals surface area contributed by atoms with Crippen LogP contribution in [0.5, 0.6) is 5.75 Å². The Morgan fingerprint density at radius 2 is 2.12 bits per heavy atom. The van der Waals surface area contributed by atoms with Crippen LogP contribution in [0.4, 0.5) is 0 Å². The highest BCUT2D eigenvalue weighted by Gasteiger charge is 2.35. The minimum absolute atomic E-state index is 0.111. The van der Waals surface area contributed by atoms with Crippen molar-refractivity contribution in [2.45, 2.75) is 12.5 Å². The van der Waals surface area contributed by atoms with E-state index >= 15 is 0 Å². The maximum Gasteiger partial charge on any atom is 0.281 e. The monoisotopic (exact) mass is 386 g/mol. The Balaban J connectivity index is 1.52. The number of rotatable bonds is 5. The van der Waals surface area contributed by atoms with Crippen molar-refractivity contribution in [3.8, 4) is 5.75 Å². The summed E-state index contributed by atoms with van der Waals surface area (Å²) in [6, 6.07) is 14.3. The van der Waals surface area contributed by atoms with Crippen molar-refractivity contribution in [1.82, 2.24) is 5.01 Å². The van der Waals surface area contributed by atoms with E-state index in [1.165, 1.54) is 5.01 Å². The van der Waals surface area contributed by atoms with Gasteiger partial charge in [0.15, 0.2) is 6.61 Å². The van der Waals surface area contributed by atoms with Crippen LogP contribution in [-0.2, 0) is 4.79 Å². The highest BCUT2D eigenvalue weighted by atomic mass is 35.5. The summed E-state index contributed by atoms with van der Waals surface area (Å²) in [5, 5.41) is 8.62. The van der Waals surface area contributed by atoms with E-state index < -0.39 is 0 Å². The molecule has 0 unspecified atom stereocenters. The number of nitrogens with zero attached hydrogens (tertiary/aromatic N) is 2. The van der Waals surface area contributed by atoms with Gasteiger partial charge in [-0.1, -0.05) is 17.7 Å². The van der Waals surface area contributed by atoms with Crippen molar-refractivity contribution in [2.24, 2.45) is 5.10 Å². The topological polar surface area (TPSA) is 55.0 Å². The van der Waals surface area contributed by atoms with Crippen molar-refractivity contribution in [3.05, 3.63) is 75.8 Å². The molecule has 2 aromatic heterocycles. The molecule has 1 aliphatic rings. The highest BCUT2D eigenvalue weighted by molar-refractivity contribution is 7.12. The molecule has 3 heterocycles. The summed E-state index contributed by atoms with van der Waals surface area (Å²) in [7, 11) is 0. The largest absolute Gasteiger partial charge is 0.484 e. The molecule has 5 nitrogen and oxygen atoms in total. The minimum atomic E-state index is -0.261. The molecule has 1 aromatic carbocycles. The Hall–Kier alpha value is -2.57. The van der Waals surface area contributed by atoms with Gasteiger partial charge in [0, 0.05) is 11.4 Å². The van der Waals surface area contributed by atoms with E-state index in [0.29, 0.717) is 23.0 Å². The first-order valence-electron chi connectivity index (χ1n) is 8.06. The van der Waals surface area contributed by atoms with Crippen LogP contribution in [0.2, 0.25) is 5.02 Å². The van der Waals surface area contributed by atoms with Gasteiger partial charge in [-0.3, -0.25) is 4.79 Å². The van der Waals surface area contributed by atoms with E-state index in [4.69, 9.17) is 20.8 Å². The Morgan fingerprint density at radius 3 is 2.81 bits per heavy atom. The van der Waals surface area contributed by atoms with E-state index in [9.17, 15) is 4.79 Å². The Kier molecular flexibility index (Phi) is 4.77. The zero-order valence-electron chi connectivity index (χ0n) is 13.7. The number of hydrazone groups is 1. The lowest BCUT2D eigenvalue weighted by molar-refractivity contribution is -0.135. The normalized spacial score (nSPS) is 16.6. The molecule has 1 amide bonds. The van der Waals surface area contributed by atoms with E-state index in [1.807, 2.05) is 29.6 Å². The molecule has 0 N–H and O–H groups in total. The smallest absolute Gasteiger partial charge is 0.281 e. The second-order valence-electron chi connectivity index (χ2n) is 5.74. The molecule has 7 heteroatoms. The molecule has 0 spiro atoms. The van der Waals surface area contributed by atoms with Crippen LogP contribution in [-0.4, -0.2) is 23.2 Å². The van der Waals surface area contributed by atoms with Crippen molar-refractivity contribution >= 4 is 34.6 Å². The van der Waals surface area contributed by atoms with Gasteiger partial charge < -0.3 is 9.15 Å². The van der Waals surface area contributed by atoms with Crippen LogP contribution < -0.4 is 4.74 Å². The van der Waals surface area contributed by atoms with Crippen LogP contribution in [0.3, 0.4) is 0 Å². The van der Waals surface area contributed by atoms with Crippen molar-refractivity contribution in [3.63, 3.8) is 0 Å². The molecular weight excluding hydrogens is 372 g/mol. The molecule has 1 aliphatic heterocycles. The number of amides is 1. The summed E-state index contributed by atoms with van der Waals surface area (Å²) < 4.78 is 11.1. The second-order valence-corrected chi connectivity index (χ2v) is 7.12. The Bertz CT molecular complexity index is 905. The number of carbonyl (C=O) groups excluding carboxylic acids is 1. The van der Waals surface area contributed by atoms with Gasteiger partial charge in [-0.05, 0) is 47.8 Å². The summed E-state index contributed by atoms with van der Waals surface area (Å²) in [5.74, 6) is 1.06. The van der Waals surface area contributed by atoms with Gasteiger partial charge in [-0.2, -0.15) is 5.10 Å². The number of carbonyl (C=O) groups is 1. The molecule has 132 valence electrons. The number of thiophene rings is 1. The molecule has 26 heavy (non-hydrogen) atoms. The lowest BCUT2D eigenvalue weighted by Crippen LogP contribution is -2.31. The third-order valence-electron chi connectivity index (χ3n) is 4.02. The number of halogens is 1. The number of hydrogen-bond acceptors (Lipinski definition) is 5. The lowest BCUT2D eigenvalue weighted by atomic mass is 10.1. The molecule has 0 fully saturated rings. The van der Waals surface area contributed by atoms with E-state index in [2.05, 4.69) is 5.10 Å². The fraction of sp³-hybridized carbons (Fsp3) is 0.158. The zero-order valence-corrected chi connectivity index (χ0v) is 15.2. The maximum absolute atomic E-state index is 12.7. The maximum atomic E-state index is 12.7. The average Bonchev–Trinajstić information content (AvgIpc) is 3.41. The number of hydrogen-bond donors (Lipinski definition) is 0. The molecule has 0 radical (unpaired) electrons. The first-order valence-corrected chi connectivity index (χ1v) is 9.31. The van der Waals surface area contributed by atoms with E-state index in [1.54, 1.807) is 41.9 Å². The SMILES string of the molecule is O=C(COc1ccc(Cl)cc1)N1N=C(c2cccs2)C[C@@H]1c1ccco1. The van der Waals surface area contributed by atoms with Gasteiger partial charge >= 0.3 is 0 Å². The third kappa shape index (κ3) is 3.52. The van der Waals surface area contributed by atoms with Gasteiger partial charge in [0.1, 0.15) is 17.6 Å². The van der Waals surface area contributed by atoms with E-state index in [0.717, 1.165) is 10.6 Å². The third-order valence-corrected chi connectivity index (χ3v) is 5.19. The van der Waals surface area contributed by atoms with Gasteiger partial charge in [0.2, 0.25) is 0 Å². The Labute approximate surface area is 159 Å². The van der Waals surface area contributed by atoms with Crippen molar-refractivity contribution in [2.75, 3.05) is 6.61 Å². The fourth-order valence-electron chi connectivity index (χ4n) is 2.78. The number of benzene rings is 1. The van der Waals surface area contributed by atoms with Crippen LogP contribution in [0.15, 0.2) is 69.7 Å². The predicted octanol–water partition coefficient (Wildman–Crippen LogP) is 4.75. The Morgan fingerprint density at radius 1 is 1.27 bits per heavy atom. The number of ether oxygens (including phenoxy) is 1. The predicted molar refractivity (Wildman–Crippen MR) is 101 cm³/mol. The lowest BCUT2D eigenvalue weighted by Gasteiger charge is -2.20. The van der Waals surface area contributed by atoms with Crippen LogP contribution in [0, 0.1) is 0 Å². The average molecular weight is 387 g/mol. The van der Waals surface area contributed by atoms with Gasteiger partial charge in [0.05, 0.1) is 16.9 Å². The molecule has 0 saturated carbocycles. The van der Waals surface area contributed by atoms with Crippen molar-refractivity contribution < 1.29 is 13.9 Å². The molecule has 3 aromatic rings. The summed E-state index contributed by atoms with van der Waals surface area (Å²) in [4.78, 5) is 13.8. The molecule has 0 saturated heterocycles. The van der Waals surface area contributed by atoms with Crippen molar-refractivity contribution in [1.29, 1.82) is 0 Å². The quantitative estimate of drug-likeness (QED) is 0.635. The van der Waals surface area contributed by atoms with Gasteiger partial charge in [-0.25, -0.2) is 5.01 Å². The van der Waals surface area contributed by atoms with Crippen LogP contribution in [0.1, 0.15) is 23.1 Å². The fourth-order valence-corrected chi connectivity index (χ4v) is 3.62. The highest BCUT2D eigenvalue weighted by Crippen LogP contribution is 2.34. The first-order chi connectivity index (χ1) is 12.7. The standard InChI is InChI=1S/C19H15ClN2O3S/c20-13-5-7-14(8-6-13)25-12-19(23)22-16(17-3-1-9-24-17)11-15(21-22)18-4-2-10-26-18/h1-10,16H,11-12H2/t16-/m1/s1. The number of furan rings is 1. The van der Waals surface area contributed by atoms with E-state index in [-0.39, 0.29) is 18.6 Å². The molecule has 4 rings (SSSR count). The van der Waals surface area contributed by atoms with Gasteiger partial charge in [-0.15, -0.1) is 11.3 Å². The summed E-state index contributed by atoms with van der Waals surface area (Å²) >= 11 is 7.46. The molecule has 0 aliphatic carbocycles. The summed E-state index contributed by atoms with van der Waals surface area (Å²) in [5.41, 5.74) is 0.876.